The number of nitrogens with zero attached hydrogens (tertiary/aromatic N) is 4. The van der Waals surface area contributed by atoms with E-state index in [0.29, 0.717) is 0 Å². The van der Waals surface area contributed by atoms with E-state index >= 15 is 0 Å². The Balaban J connectivity index is 2.15. The molecule has 5 nitrogen and oxygen atoms in total. The zero-order chi connectivity index (χ0) is 15.0. The number of hydrogen-bond donors (Lipinski definition) is 0. The predicted octanol–water partition coefficient (Wildman–Crippen LogP) is 1.54. The molecule has 0 spiro atoms. The van der Waals surface area contributed by atoms with Gasteiger partial charge in [-0.25, -0.2) is 0 Å². The maximum Gasteiger partial charge on any atom is 0.272 e. The lowest BCUT2D eigenvalue weighted by Crippen LogP contribution is -2.38. The van der Waals surface area contributed by atoms with Crippen molar-refractivity contribution >= 4 is 0 Å². The summed E-state index contributed by atoms with van der Waals surface area (Å²) in [5, 5.41) is 20.5. The number of rotatable bonds is 2. The summed E-state index contributed by atoms with van der Waals surface area (Å²) in [7, 11) is 0. The van der Waals surface area contributed by atoms with Crippen LogP contribution in [0.1, 0.15) is 16.7 Å². The topological polar surface area (TPSA) is 57.7 Å². The van der Waals surface area contributed by atoms with Crippen molar-refractivity contribution in [3.63, 3.8) is 0 Å². The largest absolute Gasteiger partial charge is 0.816 e. The zero-order valence-electron chi connectivity index (χ0n) is 12.2. The lowest BCUT2D eigenvalue weighted by molar-refractivity contribution is -0.705. The molecule has 106 valence electrons. The minimum absolute atomic E-state index is 0.381. The second-order valence-electron chi connectivity index (χ2n) is 5.16. The summed E-state index contributed by atoms with van der Waals surface area (Å²) in [6, 6.07) is 13.1. The first-order chi connectivity index (χ1) is 10.1. The van der Waals surface area contributed by atoms with Gasteiger partial charge in [0, 0.05) is 4.80 Å². The molecule has 0 N–H and O–H groups in total. The van der Waals surface area contributed by atoms with Gasteiger partial charge in [0.1, 0.15) is 5.69 Å². The molecule has 0 amide bonds. The van der Waals surface area contributed by atoms with Gasteiger partial charge in [-0.05, 0) is 44.0 Å². The highest BCUT2D eigenvalue weighted by atomic mass is 16.3. The molecule has 0 unspecified atom stereocenters. The highest BCUT2D eigenvalue weighted by molar-refractivity contribution is 5.43. The van der Waals surface area contributed by atoms with Crippen LogP contribution >= 0.6 is 0 Å². The van der Waals surface area contributed by atoms with Crippen molar-refractivity contribution in [2.75, 3.05) is 0 Å². The molecular formula is C16H16N4O. The van der Waals surface area contributed by atoms with E-state index in [2.05, 4.69) is 10.3 Å². The molecule has 0 bridgehead atoms. The van der Waals surface area contributed by atoms with Crippen LogP contribution in [0.2, 0.25) is 0 Å². The third-order valence-corrected chi connectivity index (χ3v) is 3.37. The van der Waals surface area contributed by atoms with Crippen molar-refractivity contribution in [2.24, 2.45) is 0 Å². The minimum Gasteiger partial charge on any atom is -0.816 e. The molecule has 0 radical (unpaired) electrons. The van der Waals surface area contributed by atoms with Gasteiger partial charge in [-0.3, -0.25) is 0 Å². The Hall–Kier alpha value is -2.69. The van der Waals surface area contributed by atoms with Crippen molar-refractivity contribution in [1.29, 1.82) is 0 Å². The van der Waals surface area contributed by atoms with Crippen LogP contribution in [0, 0.1) is 20.8 Å². The second-order valence-corrected chi connectivity index (χ2v) is 5.16. The van der Waals surface area contributed by atoms with E-state index in [9.17, 15) is 5.11 Å². The Morgan fingerprint density at radius 1 is 1.00 bits per heavy atom. The van der Waals surface area contributed by atoms with Crippen LogP contribution in [0.4, 0.5) is 0 Å². The van der Waals surface area contributed by atoms with Crippen LogP contribution < -0.4 is 9.79 Å². The summed E-state index contributed by atoms with van der Waals surface area (Å²) in [5.41, 5.74) is 4.74. The molecule has 0 atom stereocenters. The quantitative estimate of drug-likeness (QED) is 0.669. The van der Waals surface area contributed by atoms with Crippen LogP contribution in [0.5, 0.6) is 6.01 Å². The predicted molar refractivity (Wildman–Crippen MR) is 76.5 cm³/mol. The molecule has 1 heterocycles. The second kappa shape index (κ2) is 5.01. The fourth-order valence-corrected chi connectivity index (χ4v) is 2.58. The first-order valence-corrected chi connectivity index (χ1v) is 6.76. The van der Waals surface area contributed by atoms with Gasteiger partial charge >= 0.3 is 0 Å². The SMILES string of the molecule is Cc1cc(C)c(-[n+]2nn(-c3ccccc3)nc2[O-])c(C)c1. The summed E-state index contributed by atoms with van der Waals surface area (Å²) in [5.74, 6) is 0. The Kier molecular flexibility index (Phi) is 3.17. The first-order valence-electron chi connectivity index (χ1n) is 6.76. The lowest BCUT2D eigenvalue weighted by Gasteiger charge is -2.08. The number of aryl methyl sites for hydroxylation is 3. The Morgan fingerprint density at radius 2 is 1.62 bits per heavy atom. The number of aromatic nitrogens is 4. The van der Waals surface area contributed by atoms with Crippen LogP contribution in [0.3, 0.4) is 0 Å². The van der Waals surface area contributed by atoms with Crippen LogP contribution in [0.15, 0.2) is 42.5 Å². The highest BCUT2D eigenvalue weighted by Crippen LogP contribution is 2.17. The Labute approximate surface area is 123 Å². The molecule has 21 heavy (non-hydrogen) atoms. The zero-order valence-corrected chi connectivity index (χ0v) is 12.2. The number of para-hydroxylation sites is 1. The van der Waals surface area contributed by atoms with E-state index in [-0.39, 0.29) is 6.01 Å². The smallest absolute Gasteiger partial charge is 0.272 e. The fourth-order valence-electron chi connectivity index (χ4n) is 2.58. The van der Waals surface area contributed by atoms with Gasteiger partial charge in [-0.2, -0.15) is 0 Å². The summed E-state index contributed by atoms with van der Waals surface area (Å²) in [6.45, 7) is 5.99. The summed E-state index contributed by atoms with van der Waals surface area (Å²) in [4.78, 5) is 1.36. The molecule has 3 aromatic rings. The third-order valence-electron chi connectivity index (χ3n) is 3.37. The van der Waals surface area contributed by atoms with Gasteiger partial charge in [-0.15, -0.1) is 4.68 Å². The van der Waals surface area contributed by atoms with Gasteiger partial charge in [0.2, 0.25) is 0 Å². The minimum atomic E-state index is -0.381. The average Bonchev–Trinajstić information content (AvgIpc) is 2.81. The van der Waals surface area contributed by atoms with Crippen molar-refractivity contribution in [2.45, 2.75) is 20.8 Å². The number of benzene rings is 2. The van der Waals surface area contributed by atoms with E-state index in [1.54, 1.807) is 0 Å². The molecular weight excluding hydrogens is 264 g/mol. The van der Waals surface area contributed by atoms with E-state index < -0.39 is 0 Å². The third kappa shape index (κ3) is 2.38. The molecule has 0 saturated carbocycles. The molecule has 5 heteroatoms. The van der Waals surface area contributed by atoms with Gasteiger partial charge < -0.3 is 5.11 Å². The van der Waals surface area contributed by atoms with Crippen molar-refractivity contribution in [1.82, 2.24) is 15.1 Å². The summed E-state index contributed by atoms with van der Waals surface area (Å²) >= 11 is 0. The van der Waals surface area contributed by atoms with Gasteiger partial charge in [0.25, 0.3) is 6.01 Å². The maximum absolute atomic E-state index is 12.2. The highest BCUT2D eigenvalue weighted by Gasteiger charge is 2.19. The maximum atomic E-state index is 12.2. The Bertz CT molecular complexity index is 770. The lowest BCUT2D eigenvalue weighted by atomic mass is 10.1. The van der Waals surface area contributed by atoms with E-state index in [1.807, 2.05) is 63.2 Å². The molecule has 0 aliphatic heterocycles. The van der Waals surface area contributed by atoms with Gasteiger partial charge in [0.05, 0.1) is 10.3 Å². The summed E-state index contributed by atoms with van der Waals surface area (Å²) < 4.78 is 1.36. The monoisotopic (exact) mass is 280 g/mol. The van der Waals surface area contributed by atoms with Crippen molar-refractivity contribution < 1.29 is 9.79 Å². The van der Waals surface area contributed by atoms with E-state index in [0.717, 1.165) is 28.1 Å². The van der Waals surface area contributed by atoms with Crippen molar-refractivity contribution in [3.8, 4) is 17.4 Å². The Morgan fingerprint density at radius 3 is 2.24 bits per heavy atom. The molecule has 0 aliphatic carbocycles. The molecule has 2 aromatic carbocycles. The van der Waals surface area contributed by atoms with E-state index in [1.165, 1.54) is 9.48 Å². The molecule has 0 aliphatic rings. The normalized spacial score (nSPS) is 10.8. The molecule has 0 saturated heterocycles. The van der Waals surface area contributed by atoms with Crippen LogP contribution in [-0.4, -0.2) is 15.1 Å². The first kappa shape index (κ1) is 13.3. The fraction of sp³-hybridized carbons (Fsp3) is 0.188. The van der Waals surface area contributed by atoms with Gasteiger partial charge in [-0.1, -0.05) is 35.9 Å². The van der Waals surface area contributed by atoms with Crippen molar-refractivity contribution in [3.05, 3.63) is 59.2 Å². The molecule has 0 fully saturated rings. The summed E-state index contributed by atoms with van der Waals surface area (Å²) in [6.07, 6.45) is 0. The van der Waals surface area contributed by atoms with Crippen LogP contribution in [0.25, 0.3) is 11.4 Å². The number of tetrazole rings is 1. The molecule has 3 rings (SSSR count). The van der Waals surface area contributed by atoms with E-state index in [4.69, 9.17) is 0 Å². The average molecular weight is 280 g/mol. The van der Waals surface area contributed by atoms with Crippen LogP contribution in [-0.2, 0) is 0 Å². The molecule has 1 aromatic heterocycles. The number of hydrogen-bond acceptors (Lipinski definition) is 3. The van der Waals surface area contributed by atoms with Gasteiger partial charge in [0.15, 0.2) is 5.69 Å². The standard InChI is InChI=1S/C16H16N4O/c1-11-9-12(2)15(13(3)10-11)19-16(21)17-20(18-19)14-7-5-4-6-8-14/h4-10H,1-3H3.